The van der Waals surface area contributed by atoms with Gasteiger partial charge in [0.2, 0.25) is 0 Å². The largest absolute Gasteiger partial charge is 0.307 e. The van der Waals surface area contributed by atoms with Crippen molar-refractivity contribution in [3.63, 3.8) is 0 Å². The number of nitrogens with zero attached hydrogens (tertiary/aromatic N) is 1. The van der Waals surface area contributed by atoms with Gasteiger partial charge in [-0.05, 0) is 46.6 Å². The zero-order chi connectivity index (χ0) is 14.0. The Balaban J connectivity index is 2.51. The molecule has 0 aliphatic rings. The van der Waals surface area contributed by atoms with Crippen molar-refractivity contribution in [3.05, 3.63) is 68.3 Å². The molecule has 98 valence electrons. The number of pyridine rings is 1. The van der Waals surface area contributed by atoms with E-state index in [0.717, 1.165) is 5.56 Å². The maximum atomic E-state index is 12.9. The van der Waals surface area contributed by atoms with E-state index in [0.29, 0.717) is 16.3 Å². The zero-order valence-electron chi connectivity index (χ0n) is 10.1. The van der Waals surface area contributed by atoms with Gasteiger partial charge in [0.15, 0.2) is 6.29 Å². The molecule has 1 heterocycles. The molecule has 0 N–H and O–H groups in total. The molecule has 1 aromatic heterocycles. The van der Waals surface area contributed by atoms with Crippen LogP contribution in [0.1, 0.15) is 28.9 Å². The van der Waals surface area contributed by atoms with E-state index in [1.165, 1.54) is 29.0 Å². The normalized spacial score (nSPS) is 12.2. The summed E-state index contributed by atoms with van der Waals surface area (Å²) in [5.41, 5.74) is 0.960. The van der Waals surface area contributed by atoms with E-state index in [1.807, 2.05) is 6.92 Å². The van der Waals surface area contributed by atoms with Gasteiger partial charge in [-0.3, -0.25) is 9.59 Å². The lowest BCUT2D eigenvalue weighted by molar-refractivity contribution is 0.112. The highest BCUT2D eigenvalue weighted by molar-refractivity contribution is 9.10. The van der Waals surface area contributed by atoms with E-state index in [-0.39, 0.29) is 17.4 Å². The van der Waals surface area contributed by atoms with Gasteiger partial charge in [-0.25, -0.2) is 4.39 Å². The number of hydrogen-bond acceptors (Lipinski definition) is 2. The first-order valence-electron chi connectivity index (χ1n) is 5.65. The Kier molecular flexibility index (Phi) is 3.95. The van der Waals surface area contributed by atoms with Crippen LogP contribution in [0.4, 0.5) is 4.39 Å². The summed E-state index contributed by atoms with van der Waals surface area (Å²) in [6.45, 7) is 1.82. The van der Waals surface area contributed by atoms with Gasteiger partial charge >= 0.3 is 0 Å². The standard InChI is InChI=1S/C14H11BrFNO2/c1-9(11-2-4-12(16)5-3-11)17-7-10(8-18)6-13(15)14(17)19/h2-9H,1H3/t9-/m0/s1. The first kappa shape index (κ1) is 13.7. The number of hydrogen-bond donors (Lipinski definition) is 0. The summed E-state index contributed by atoms with van der Waals surface area (Å²) in [5.74, 6) is -0.328. The molecule has 2 rings (SSSR count). The molecule has 3 nitrogen and oxygen atoms in total. The molecule has 1 aromatic carbocycles. The van der Waals surface area contributed by atoms with Gasteiger partial charge in [0.05, 0.1) is 10.5 Å². The lowest BCUT2D eigenvalue weighted by Gasteiger charge is -2.16. The number of aldehydes is 1. The van der Waals surface area contributed by atoms with Gasteiger partial charge in [0, 0.05) is 11.8 Å². The smallest absolute Gasteiger partial charge is 0.265 e. The van der Waals surface area contributed by atoms with Crippen LogP contribution in [0.25, 0.3) is 0 Å². The third-order valence-corrected chi connectivity index (χ3v) is 3.49. The number of halogens is 2. The van der Waals surface area contributed by atoms with Crippen molar-refractivity contribution in [1.82, 2.24) is 4.57 Å². The average Bonchev–Trinajstić information content (AvgIpc) is 2.41. The van der Waals surface area contributed by atoms with Crippen molar-refractivity contribution >= 4 is 22.2 Å². The van der Waals surface area contributed by atoms with Crippen LogP contribution in [0, 0.1) is 5.82 Å². The summed E-state index contributed by atoms with van der Waals surface area (Å²) in [4.78, 5) is 22.9. The first-order chi connectivity index (χ1) is 9.02. The second-order valence-corrected chi connectivity index (χ2v) is 5.03. The summed E-state index contributed by atoms with van der Waals surface area (Å²) in [5, 5.41) is 0. The lowest BCUT2D eigenvalue weighted by Crippen LogP contribution is -2.24. The van der Waals surface area contributed by atoms with Crippen LogP contribution in [0.3, 0.4) is 0 Å². The highest BCUT2D eigenvalue weighted by Gasteiger charge is 2.12. The second-order valence-electron chi connectivity index (χ2n) is 4.18. The Labute approximate surface area is 117 Å². The van der Waals surface area contributed by atoms with Crippen molar-refractivity contribution in [1.29, 1.82) is 0 Å². The molecule has 0 unspecified atom stereocenters. The molecule has 0 saturated heterocycles. The summed E-state index contributed by atoms with van der Waals surface area (Å²) >= 11 is 3.14. The minimum absolute atomic E-state index is 0.234. The molecular weight excluding hydrogens is 313 g/mol. The SMILES string of the molecule is C[C@@H](c1ccc(F)cc1)n1cc(C=O)cc(Br)c1=O. The third kappa shape index (κ3) is 2.81. The Bertz CT molecular complexity index is 664. The van der Waals surface area contributed by atoms with E-state index < -0.39 is 0 Å². The number of benzene rings is 1. The first-order valence-corrected chi connectivity index (χ1v) is 6.44. The molecule has 0 amide bonds. The molecule has 0 aliphatic heterocycles. The fourth-order valence-electron chi connectivity index (χ4n) is 1.84. The minimum atomic E-state index is -0.328. The fraction of sp³-hybridized carbons (Fsp3) is 0.143. The maximum Gasteiger partial charge on any atom is 0.265 e. The number of carbonyl (C=O) groups is 1. The molecule has 0 aliphatic carbocycles. The van der Waals surface area contributed by atoms with Gasteiger partial charge in [-0.2, -0.15) is 0 Å². The van der Waals surface area contributed by atoms with E-state index in [9.17, 15) is 14.0 Å². The van der Waals surface area contributed by atoms with Gasteiger partial charge < -0.3 is 4.57 Å². The Morgan fingerprint density at radius 3 is 2.53 bits per heavy atom. The Hall–Kier alpha value is -1.75. The molecule has 1 atom stereocenters. The third-order valence-electron chi connectivity index (χ3n) is 2.93. The molecule has 0 spiro atoms. The molecule has 2 aromatic rings. The Morgan fingerprint density at radius 1 is 1.32 bits per heavy atom. The molecule has 19 heavy (non-hydrogen) atoms. The van der Waals surface area contributed by atoms with Crippen molar-refractivity contribution in [2.45, 2.75) is 13.0 Å². The second kappa shape index (κ2) is 5.48. The van der Waals surface area contributed by atoms with Crippen LogP contribution in [0.5, 0.6) is 0 Å². The van der Waals surface area contributed by atoms with Crippen LogP contribution < -0.4 is 5.56 Å². The predicted octanol–water partition coefficient (Wildman–Crippen LogP) is 3.17. The molecule has 0 fully saturated rings. The van der Waals surface area contributed by atoms with Gasteiger partial charge in [0.1, 0.15) is 5.82 Å². The van der Waals surface area contributed by atoms with E-state index in [2.05, 4.69) is 15.9 Å². The number of rotatable bonds is 3. The maximum absolute atomic E-state index is 12.9. The minimum Gasteiger partial charge on any atom is -0.307 e. The van der Waals surface area contributed by atoms with E-state index >= 15 is 0 Å². The highest BCUT2D eigenvalue weighted by Crippen LogP contribution is 2.18. The van der Waals surface area contributed by atoms with E-state index in [4.69, 9.17) is 0 Å². The lowest BCUT2D eigenvalue weighted by atomic mass is 10.1. The van der Waals surface area contributed by atoms with Gasteiger partial charge in [0.25, 0.3) is 5.56 Å². The van der Waals surface area contributed by atoms with E-state index in [1.54, 1.807) is 12.1 Å². The van der Waals surface area contributed by atoms with Gasteiger partial charge in [-0.1, -0.05) is 12.1 Å². The molecule has 0 radical (unpaired) electrons. The summed E-state index contributed by atoms with van der Waals surface area (Å²) in [6, 6.07) is 7.11. The van der Waals surface area contributed by atoms with Crippen LogP contribution >= 0.6 is 15.9 Å². The summed E-state index contributed by atoms with van der Waals surface area (Å²) in [6.07, 6.45) is 2.17. The van der Waals surface area contributed by atoms with Gasteiger partial charge in [-0.15, -0.1) is 0 Å². The quantitative estimate of drug-likeness (QED) is 0.814. The fourth-order valence-corrected chi connectivity index (χ4v) is 2.31. The topological polar surface area (TPSA) is 39.1 Å². The van der Waals surface area contributed by atoms with Crippen LogP contribution in [-0.2, 0) is 0 Å². The van der Waals surface area contributed by atoms with Crippen LogP contribution in [0.15, 0.2) is 45.8 Å². The molecule has 0 saturated carbocycles. The zero-order valence-corrected chi connectivity index (χ0v) is 11.7. The Morgan fingerprint density at radius 2 is 1.95 bits per heavy atom. The molecule has 5 heteroatoms. The van der Waals surface area contributed by atoms with Crippen molar-refractivity contribution in [2.24, 2.45) is 0 Å². The average molecular weight is 324 g/mol. The summed E-state index contributed by atoms with van der Waals surface area (Å²) in [7, 11) is 0. The predicted molar refractivity (Wildman–Crippen MR) is 74.0 cm³/mol. The molecule has 0 bridgehead atoms. The van der Waals surface area contributed by atoms with Crippen molar-refractivity contribution in [2.75, 3.05) is 0 Å². The number of aromatic nitrogens is 1. The van der Waals surface area contributed by atoms with Crippen molar-refractivity contribution in [3.8, 4) is 0 Å². The van der Waals surface area contributed by atoms with Crippen LogP contribution in [-0.4, -0.2) is 10.9 Å². The number of carbonyl (C=O) groups excluding carboxylic acids is 1. The monoisotopic (exact) mass is 323 g/mol. The van der Waals surface area contributed by atoms with Crippen LogP contribution in [0.2, 0.25) is 0 Å². The summed E-state index contributed by atoms with van der Waals surface area (Å²) < 4.78 is 14.7. The molecular formula is C14H11BrFNO2. The van der Waals surface area contributed by atoms with Crippen molar-refractivity contribution < 1.29 is 9.18 Å². The highest BCUT2D eigenvalue weighted by atomic mass is 79.9.